The molecule has 37 heavy (non-hydrogen) atoms. The van der Waals surface area contributed by atoms with E-state index in [0.717, 1.165) is 13.1 Å². The van der Waals surface area contributed by atoms with E-state index in [-0.39, 0.29) is 23.8 Å². The molecule has 1 aliphatic carbocycles. The van der Waals surface area contributed by atoms with Crippen molar-refractivity contribution in [2.75, 3.05) is 39.3 Å². The van der Waals surface area contributed by atoms with Crippen molar-refractivity contribution in [2.45, 2.75) is 38.3 Å². The van der Waals surface area contributed by atoms with Crippen LogP contribution in [0.2, 0.25) is 5.02 Å². The van der Waals surface area contributed by atoms with E-state index in [4.69, 9.17) is 11.6 Å². The predicted octanol–water partition coefficient (Wildman–Crippen LogP) is 3.18. The lowest BCUT2D eigenvalue weighted by molar-refractivity contribution is -0.131. The average molecular weight is 526 g/mol. The van der Waals surface area contributed by atoms with E-state index in [1.165, 1.54) is 12.8 Å². The number of fused-ring (bicyclic) bond motifs is 1. The monoisotopic (exact) mass is 525 g/mol. The molecule has 0 unspecified atom stereocenters. The van der Waals surface area contributed by atoms with E-state index in [2.05, 4.69) is 20.2 Å². The Morgan fingerprint density at radius 3 is 2.65 bits per heavy atom. The number of carbonyl (C=O) groups is 2. The molecule has 4 heterocycles. The second-order valence-corrected chi connectivity index (χ2v) is 10.4. The normalized spacial score (nSPS) is 18.9. The van der Waals surface area contributed by atoms with Gasteiger partial charge in [-0.2, -0.15) is 0 Å². The Morgan fingerprint density at radius 1 is 1.11 bits per heavy atom. The standard InChI is InChI=1S/C26H29ClFN7O2/c27-21-14-19(17-2-1-7-34(16-17)23(36)5-8-35-9-6-29-31-35)24(28)25-20(21)15-22(30-25)26(37)33-12-10-32(11-13-33)18-3-4-18/h2,6,9,14-15,18,30H,1,3-5,7-8,10-13,16H2. The van der Waals surface area contributed by atoms with Gasteiger partial charge in [0.2, 0.25) is 5.91 Å². The van der Waals surface area contributed by atoms with Crippen LogP contribution in [-0.2, 0) is 11.3 Å². The molecule has 6 rings (SSSR count). The molecular formula is C26H29ClFN7O2. The lowest BCUT2D eigenvalue weighted by atomic mass is 9.99. The van der Waals surface area contributed by atoms with Gasteiger partial charge in [-0.1, -0.05) is 22.9 Å². The summed E-state index contributed by atoms with van der Waals surface area (Å²) in [6.07, 6.45) is 8.66. The summed E-state index contributed by atoms with van der Waals surface area (Å²) >= 11 is 6.58. The summed E-state index contributed by atoms with van der Waals surface area (Å²) < 4.78 is 17.4. The Balaban J connectivity index is 1.18. The summed E-state index contributed by atoms with van der Waals surface area (Å²) in [6, 6.07) is 3.94. The number of rotatable bonds is 6. The van der Waals surface area contributed by atoms with Crippen molar-refractivity contribution in [2.24, 2.45) is 0 Å². The number of nitrogens with one attached hydrogen (secondary N) is 1. The summed E-state index contributed by atoms with van der Waals surface area (Å²) in [5.41, 5.74) is 1.62. The Morgan fingerprint density at radius 2 is 1.92 bits per heavy atom. The van der Waals surface area contributed by atoms with Gasteiger partial charge in [-0.05, 0) is 37.0 Å². The third-order valence-corrected chi connectivity index (χ3v) is 7.89. The Hall–Kier alpha value is -3.24. The van der Waals surface area contributed by atoms with Gasteiger partial charge in [0.25, 0.3) is 5.91 Å². The minimum atomic E-state index is -0.458. The van der Waals surface area contributed by atoms with Crippen molar-refractivity contribution in [3.8, 4) is 0 Å². The topological polar surface area (TPSA) is 90.4 Å². The Kier molecular flexibility index (Phi) is 6.46. The fourth-order valence-corrected chi connectivity index (χ4v) is 5.60. The third-order valence-electron chi connectivity index (χ3n) is 7.57. The van der Waals surface area contributed by atoms with E-state index < -0.39 is 5.82 Å². The molecule has 1 saturated carbocycles. The van der Waals surface area contributed by atoms with Crippen LogP contribution in [-0.4, -0.2) is 91.8 Å². The van der Waals surface area contributed by atoms with Crippen LogP contribution in [0.15, 0.2) is 30.6 Å². The maximum absolute atomic E-state index is 15.8. The zero-order valence-corrected chi connectivity index (χ0v) is 21.3. The number of aromatic nitrogens is 4. The van der Waals surface area contributed by atoms with Crippen LogP contribution < -0.4 is 0 Å². The number of hydrogen-bond donors (Lipinski definition) is 1. The van der Waals surface area contributed by atoms with E-state index in [1.807, 2.05) is 11.0 Å². The number of H-pyrrole nitrogens is 1. The lowest BCUT2D eigenvalue weighted by Crippen LogP contribution is -2.49. The number of benzene rings is 1. The molecule has 3 aliphatic rings. The van der Waals surface area contributed by atoms with Crippen molar-refractivity contribution < 1.29 is 14.0 Å². The molecule has 194 valence electrons. The molecule has 2 fully saturated rings. The number of halogens is 2. The molecule has 1 N–H and O–H groups in total. The van der Waals surface area contributed by atoms with Crippen molar-refractivity contribution in [3.05, 3.63) is 52.7 Å². The highest BCUT2D eigenvalue weighted by molar-refractivity contribution is 6.36. The molecule has 3 aromatic rings. The van der Waals surface area contributed by atoms with Crippen molar-refractivity contribution in [1.82, 2.24) is 34.7 Å². The molecule has 0 spiro atoms. The number of aromatic amines is 1. The largest absolute Gasteiger partial charge is 0.348 e. The van der Waals surface area contributed by atoms with Gasteiger partial charge in [-0.3, -0.25) is 19.2 Å². The van der Waals surface area contributed by atoms with E-state index >= 15 is 4.39 Å². The first-order valence-electron chi connectivity index (χ1n) is 12.8. The number of hydrogen-bond acceptors (Lipinski definition) is 5. The summed E-state index contributed by atoms with van der Waals surface area (Å²) in [7, 11) is 0. The maximum Gasteiger partial charge on any atom is 0.270 e. The van der Waals surface area contributed by atoms with Gasteiger partial charge < -0.3 is 14.8 Å². The summed E-state index contributed by atoms with van der Waals surface area (Å²) in [4.78, 5) is 35.0. The zero-order valence-electron chi connectivity index (χ0n) is 20.5. The lowest BCUT2D eigenvalue weighted by Gasteiger charge is -2.34. The maximum atomic E-state index is 15.8. The van der Waals surface area contributed by atoms with Gasteiger partial charge >= 0.3 is 0 Å². The minimum absolute atomic E-state index is 0.0248. The fourth-order valence-electron chi connectivity index (χ4n) is 5.34. The van der Waals surface area contributed by atoms with E-state index in [0.29, 0.717) is 72.4 Å². The smallest absolute Gasteiger partial charge is 0.270 e. The molecule has 2 aliphatic heterocycles. The van der Waals surface area contributed by atoms with Crippen LogP contribution in [0, 0.1) is 5.82 Å². The van der Waals surface area contributed by atoms with Crippen LogP contribution in [0.3, 0.4) is 0 Å². The van der Waals surface area contributed by atoms with Gasteiger partial charge in [-0.25, -0.2) is 4.39 Å². The number of piperazine rings is 1. The molecule has 11 heteroatoms. The summed E-state index contributed by atoms with van der Waals surface area (Å²) in [5, 5.41) is 8.50. The molecule has 0 atom stereocenters. The SMILES string of the molecule is O=C(CCn1ccnn1)N1CCC=C(c2cc(Cl)c3cc(C(=O)N4CCN(C5CC5)CC4)[nH]c3c2F)C1. The molecule has 0 radical (unpaired) electrons. The molecule has 1 aromatic carbocycles. The van der Waals surface area contributed by atoms with Crippen molar-refractivity contribution in [3.63, 3.8) is 0 Å². The summed E-state index contributed by atoms with van der Waals surface area (Å²) in [6.45, 7) is 4.39. The highest BCUT2D eigenvalue weighted by Crippen LogP contribution is 2.34. The van der Waals surface area contributed by atoms with Crippen LogP contribution in [0.25, 0.3) is 16.5 Å². The Labute approximate surface area is 218 Å². The van der Waals surface area contributed by atoms with Crippen molar-refractivity contribution in [1.29, 1.82) is 0 Å². The van der Waals surface area contributed by atoms with Crippen LogP contribution >= 0.6 is 11.6 Å². The second-order valence-electron chi connectivity index (χ2n) is 10.0. The van der Waals surface area contributed by atoms with Gasteiger partial charge in [-0.15, -0.1) is 5.10 Å². The van der Waals surface area contributed by atoms with Crippen LogP contribution in [0.5, 0.6) is 0 Å². The van der Waals surface area contributed by atoms with Gasteiger partial charge in [0.05, 0.1) is 23.3 Å². The second kappa shape index (κ2) is 9.90. The van der Waals surface area contributed by atoms with Gasteiger partial charge in [0, 0.05) is 68.9 Å². The molecule has 0 bridgehead atoms. The number of nitrogens with zero attached hydrogens (tertiary/aromatic N) is 6. The first-order chi connectivity index (χ1) is 18.0. The van der Waals surface area contributed by atoms with Gasteiger partial charge in [0.1, 0.15) is 5.69 Å². The molecule has 2 aromatic heterocycles. The van der Waals surface area contributed by atoms with Crippen molar-refractivity contribution >= 4 is 39.9 Å². The molecule has 2 amide bonds. The molecular weight excluding hydrogens is 497 g/mol. The van der Waals surface area contributed by atoms with Gasteiger partial charge in [0.15, 0.2) is 5.82 Å². The summed E-state index contributed by atoms with van der Waals surface area (Å²) in [5.74, 6) is -0.618. The number of aryl methyl sites for hydroxylation is 1. The minimum Gasteiger partial charge on any atom is -0.348 e. The predicted molar refractivity (Wildman–Crippen MR) is 138 cm³/mol. The van der Waals surface area contributed by atoms with E-state index in [1.54, 1.807) is 34.1 Å². The quantitative estimate of drug-likeness (QED) is 0.534. The average Bonchev–Trinajstić information content (AvgIpc) is 3.44. The highest BCUT2D eigenvalue weighted by atomic mass is 35.5. The molecule has 1 saturated heterocycles. The highest BCUT2D eigenvalue weighted by Gasteiger charge is 2.33. The van der Waals surface area contributed by atoms with E-state index in [9.17, 15) is 9.59 Å². The number of amides is 2. The third kappa shape index (κ3) is 4.87. The van der Waals surface area contributed by atoms with Crippen LogP contribution in [0.4, 0.5) is 4.39 Å². The first kappa shape index (κ1) is 24.1. The zero-order chi connectivity index (χ0) is 25.5. The molecule has 9 nitrogen and oxygen atoms in total. The number of carbonyl (C=O) groups excluding carboxylic acids is 2. The van der Waals surface area contributed by atoms with Crippen LogP contribution in [0.1, 0.15) is 41.7 Å². The fraction of sp³-hybridized carbons (Fsp3) is 0.462. The first-order valence-corrected chi connectivity index (χ1v) is 13.2. The Bertz CT molecular complexity index is 1360.